The van der Waals surface area contributed by atoms with Crippen LogP contribution >= 0.6 is 15.9 Å². The number of carbonyl (C=O) groups is 1. The molecule has 7 nitrogen and oxygen atoms in total. The van der Waals surface area contributed by atoms with Crippen molar-refractivity contribution < 1.29 is 14.5 Å². The van der Waals surface area contributed by atoms with Crippen LogP contribution in [0.2, 0.25) is 0 Å². The van der Waals surface area contributed by atoms with Gasteiger partial charge in [-0.3, -0.25) is 4.79 Å². The lowest BCUT2D eigenvalue weighted by Crippen LogP contribution is -2.09. The Balaban J connectivity index is 2.59. The molecule has 0 fully saturated rings. The summed E-state index contributed by atoms with van der Waals surface area (Å²) in [6, 6.07) is 0. The molecular weight excluding hydrogens is 270 g/mol. The standard InChI is InChI=1S/C7H8BrN3O4/c1-5(12)15-3-2-10-4-6(8)7(9-10)11(13)14/h4H,2-3H2,1H3. The monoisotopic (exact) mass is 277 g/mol. The molecule has 8 heteroatoms. The second kappa shape index (κ2) is 4.87. The first-order valence-electron chi connectivity index (χ1n) is 4.01. The Morgan fingerprint density at radius 1 is 1.80 bits per heavy atom. The summed E-state index contributed by atoms with van der Waals surface area (Å²) in [6.45, 7) is 1.72. The van der Waals surface area contributed by atoms with Crippen LogP contribution in [0.3, 0.4) is 0 Å². The van der Waals surface area contributed by atoms with Crippen LogP contribution in [-0.4, -0.2) is 27.3 Å². The third-order valence-electron chi connectivity index (χ3n) is 1.50. The molecule has 0 unspecified atom stereocenters. The second-order valence-corrected chi connectivity index (χ2v) is 3.52. The zero-order valence-corrected chi connectivity index (χ0v) is 9.43. The van der Waals surface area contributed by atoms with E-state index >= 15 is 0 Å². The highest BCUT2D eigenvalue weighted by molar-refractivity contribution is 9.10. The Bertz CT molecular complexity index is 390. The lowest BCUT2D eigenvalue weighted by atomic mass is 10.6. The maximum Gasteiger partial charge on any atom is 0.404 e. The van der Waals surface area contributed by atoms with Gasteiger partial charge in [0.05, 0.1) is 17.8 Å². The fourth-order valence-corrected chi connectivity index (χ4v) is 1.37. The molecule has 0 aliphatic rings. The first-order valence-corrected chi connectivity index (χ1v) is 4.80. The van der Waals surface area contributed by atoms with E-state index in [1.165, 1.54) is 17.8 Å². The van der Waals surface area contributed by atoms with Crippen LogP contribution in [0.4, 0.5) is 5.82 Å². The maximum atomic E-state index is 10.4. The number of hydrogen-bond acceptors (Lipinski definition) is 5. The van der Waals surface area contributed by atoms with Gasteiger partial charge in [0.2, 0.25) is 0 Å². The van der Waals surface area contributed by atoms with Crippen LogP contribution in [-0.2, 0) is 16.1 Å². The summed E-state index contributed by atoms with van der Waals surface area (Å²) in [5.41, 5.74) is 0. The summed E-state index contributed by atoms with van der Waals surface area (Å²) in [5, 5.41) is 14.1. The van der Waals surface area contributed by atoms with Crippen molar-refractivity contribution in [2.75, 3.05) is 6.61 Å². The van der Waals surface area contributed by atoms with Gasteiger partial charge >= 0.3 is 11.8 Å². The first-order chi connectivity index (χ1) is 7.00. The number of nitrogens with zero attached hydrogens (tertiary/aromatic N) is 3. The zero-order chi connectivity index (χ0) is 11.4. The van der Waals surface area contributed by atoms with Crippen LogP contribution in [0.1, 0.15) is 6.92 Å². The molecule has 0 saturated heterocycles. The number of esters is 1. The smallest absolute Gasteiger partial charge is 0.404 e. The van der Waals surface area contributed by atoms with E-state index in [0.29, 0.717) is 4.47 Å². The number of nitro groups is 1. The van der Waals surface area contributed by atoms with E-state index < -0.39 is 10.9 Å². The van der Waals surface area contributed by atoms with Gasteiger partial charge in [-0.15, -0.1) is 0 Å². The molecule has 0 N–H and O–H groups in total. The van der Waals surface area contributed by atoms with Crippen molar-refractivity contribution in [1.29, 1.82) is 0 Å². The van der Waals surface area contributed by atoms with Crippen LogP contribution in [0.15, 0.2) is 10.7 Å². The van der Waals surface area contributed by atoms with E-state index in [1.54, 1.807) is 0 Å². The summed E-state index contributed by atoms with van der Waals surface area (Å²) < 4.78 is 6.31. The molecule has 82 valence electrons. The van der Waals surface area contributed by atoms with Crippen molar-refractivity contribution in [3.8, 4) is 0 Å². The minimum absolute atomic E-state index is 0.139. The average molecular weight is 278 g/mol. The Morgan fingerprint density at radius 2 is 2.47 bits per heavy atom. The molecule has 0 amide bonds. The highest BCUT2D eigenvalue weighted by Gasteiger charge is 2.18. The minimum Gasteiger partial charge on any atom is -0.464 e. The maximum absolute atomic E-state index is 10.4. The van der Waals surface area contributed by atoms with E-state index in [2.05, 4.69) is 25.8 Å². The molecule has 15 heavy (non-hydrogen) atoms. The van der Waals surface area contributed by atoms with Crippen LogP contribution < -0.4 is 0 Å². The van der Waals surface area contributed by atoms with E-state index in [4.69, 9.17) is 0 Å². The van der Waals surface area contributed by atoms with Gasteiger partial charge in [-0.2, -0.15) is 4.68 Å². The number of carbonyl (C=O) groups excluding carboxylic acids is 1. The van der Waals surface area contributed by atoms with Gasteiger partial charge in [-0.25, -0.2) is 0 Å². The normalized spacial score (nSPS) is 10.0. The molecule has 0 aliphatic carbocycles. The Hall–Kier alpha value is -1.44. The summed E-state index contributed by atoms with van der Waals surface area (Å²) in [4.78, 5) is 20.3. The van der Waals surface area contributed by atoms with E-state index in [-0.39, 0.29) is 19.0 Å². The topological polar surface area (TPSA) is 87.3 Å². The third kappa shape index (κ3) is 3.31. The number of ether oxygens (including phenoxy) is 1. The SMILES string of the molecule is CC(=O)OCCn1cc(Br)c([N+](=O)[O-])n1. The van der Waals surface area contributed by atoms with Gasteiger partial charge in [-0.1, -0.05) is 0 Å². The van der Waals surface area contributed by atoms with Gasteiger partial charge in [-0.05, 0) is 20.9 Å². The van der Waals surface area contributed by atoms with Gasteiger partial charge in [0.15, 0.2) is 0 Å². The number of rotatable bonds is 4. The van der Waals surface area contributed by atoms with Crippen molar-refractivity contribution in [1.82, 2.24) is 9.78 Å². The Labute approximate surface area is 93.3 Å². The number of hydrogen-bond donors (Lipinski definition) is 0. The number of aromatic nitrogens is 2. The van der Waals surface area contributed by atoms with Crippen LogP contribution in [0.25, 0.3) is 0 Å². The largest absolute Gasteiger partial charge is 0.464 e. The molecule has 1 rings (SSSR count). The molecule has 0 spiro atoms. The zero-order valence-electron chi connectivity index (χ0n) is 7.84. The van der Waals surface area contributed by atoms with Crippen molar-refractivity contribution >= 4 is 27.7 Å². The Morgan fingerprint density at radius 3 is 2.93 bits per heavy atom. The van der Waals surface area contributed by atoms with E-state index in [1.807, 2.05) is 0 Å². The Kier molecular flexibility index (Phi) is 3.78. The molecular formula is C7H8BrN3O4. The lowest BCUT2D eigenvalue weighted by molar-refractivity contribution is -0.390. The van der Waals surface area contributed by atoms with Crippen molar-refractivity contribution in [2.45, 2.75) is 13.5 Å². The average Bonchev–Trinajstić information content (AvgIpc) is 2.46. The summed E-state index contributed by atoms with van der Waals surface area (Å²) >= 11 is 3.01. The third-order valence-corrected chi connectivity index (χ3v) is 2.06. The number of halogens is 1. The van der Waals surface area contributed by atoms with Gasteiger partial charge in [0.25, 0.3) is 0 Å². The quantitative estimate of drug-likeness (QED) is 0.468. The first kappa shape index (κ1) is 11.6. The van der Waals surface area contributed by atoms with E-state index in [0.717, 1.165) is 0 Å². The van der Waals surface area contributed by atoms with Gasteiger partial charge in [0, 0.05) is 6.92 Å². The summed E-state index contributed by atoms with van der Waals surface area (Å²) in [6.07, 6.45) is 1.46. The molecule has 0 radical (unpaired) electrons. The highest BCUT2D eigenvalue weighted by atomic mass is 79.9. The van der Waals surface area contributed by atoms with Crippen LogP contribution in [0.5, 0.6) is 0 Å². The summed E-state index contributed by atoms with van der Waals surface area (Å²) in [7, 11) is 0. The second-order valence-electron chi connectivity index (χ2n) is 2.66. The van der Waals surface area contributed by atoms with Crippen LogP contribution in [0, 0.1) is 10.1 Å². The predicted molar refractivity (Wildman–Crippen MR) is 53.2 cm³/mol. The molecule has 1 aromatic rings. The molecule has 1 heterocycles. The van der Waals surface area contributed by atoms with E-state index in [9.17, 15) is 14.9 Å². The molecule has 0 aromatic carbocycles. The highest BCUT2D eigenvalue weighted by Crippen LogP contribution is 2.21. The molecule has 0 atom stereocenters. The molecule has 0 saturated carbocycles. The predicted octanol–water partition coefficient (Wildman–Crippen LogP) is 1.12. The minimum atomic E-state index is -0.591. The molecule has 0 bridgehead atoms. The fourth-order valence-electron chi connectivity index (χ4n) is 0.908. The van der Waals surface area contributed by atoms with Gasteiger partial charge in [0.1, 0.15) is 11.1 Å². The van der Waals surface area contributed by atoms with Crippen molar-refractivity contribution in [3.05, 3.63) is 20.8 Å². The van der Waals surface area contributed by atoms with Crippen molar-refractivity contribution in [2.24, 2.45) is 0 Å². The lowest BCUT2D eigenvalue weighted by Gasteiger charge is -1.98. The molecule has 1 aromatic heterocycles. The van der Waals surface area contributed by atoms with Gasteiger partial charge < -0.3 is 14.9 Å². The fraction of sp³-hybridized carbons (Fsp3) is 0.429. The summed E-state index contributed by atoms with van der Waals surface area (Å²) in [5.74, 6) is -0.645. The van der Waals surface area contributed by atoms with Crippen molar-refractivity contribution in [3.63, 3.8) is 0 Å². The molecule has 0 aliphatic heterocycles.